The van der Waals surface area contributed by atoms with Crippen LogP contribution in [0.5, 0.6) is 0 Å². The average molecular weight is 243 g/mol. The van der Waals surface area contributed by atoms with Crippen LogP contribution in [0.2, 0.25) is 0 Å². The molecule has 0 aliphatic heterocycles. The number of fused-ring (bicyclic) bond motifs is 1. The number of aromatic nitrogens is 1. The van der Waals surface area contributed by atoms with Gasteiger partial charge in [-0.3, -0.25) is 0 Å². The molecule has 0 amide bonds. The average Bonchev–Trinajstić information content (AvgIpc) is 3.01. The van der Waals surface area contributed by atoms with E-state index < -0.39 is 0 Å². The minimum atomic E-state index is 0.217. The third kappa shape index (κ3) is 2.18. The van der Waals surface area contributed by atoms with Gasteiger partial charge >= 0.3 is 0 Å². The van der Waals surface area contributed by atoms with E-state index in [1.165, 1.54) is 43.2 Å². The van der Waals surface area contributed by atoms with Crippen molar-refractivity contribution < 1.29 is 0 Å². The van der Waals surface area contributed by atoms with Gasteiger partial charge in [-0.1, -0.05) is 6.42 Å². The zero-order chi connectivity index (χ0) is 12.6. The summed E-state index contributed by atoms with van der Waals surface area (Å²) in [5.41, 5.74) is 9.29. The molecule has 1 atom stereocenters. The maximum Gasteiger partial charge on any atom is 0.0628 e. The van der Waals surface area contributed by atoms with E-state index in [-0.39, 0.29) is 11.5 Å². The molecule has 0 saturated heterocycles. The van der Waals surface area contributed by atoms with Gasteiger partial charge in [-0.2, -0.15) is 5.26 Å². The molecule has 0 bridgehead atoms. The van der Waals surface area contributed by atoms with E-state index in [1.807, 2.05) is 0 Å². The Morgan fingerprint density at radius 1 is 1.39 bits per heavy atom. The lowest BCUT2D eigenvalue weighted by atomic mass is 10.0. The predicted octanol–water partition coefficient (Wildman–Crippen LogP) is 2.91. The molecule has 1 unspecified atom stereocenters. The van der Waals surface area contributed by atoms with Crippen LogP contribution in [0.1, 0.15) is 55.7 Å². The van der Waals surface area contributed by atoms with Crippen molar-refractivity contribution >= 4 is 0 Å². The summed E-state index contributed by atoms with van der Waals surface area (Å²) in [6, 6.07) is 2.55. The lowest BCUT2D eigenvalue weighted by molar-refractivity contribution is 0.431. The van der Waals surface area contributed by atoms with Crippen molar-refractivity contribution in [2.45, 2.75) is 57.5 Å². The van der Waals surface area contributed by atoms with Crippen LogP contribution < -0.4 is 5.73 Å². The summed E-state index contributed by atoms with van der Waals surface area (Å²) < 4.78 is 2.29. The minimum absolute atomic E-state index is 0.217. The van der Waals surface area contributed by atoms with E-state index >= 15 is 0 Å². The normalized spacial score (nSPS) is 25.0. The van der Waals surface area contributed by atoms with Gasteiger partial charge in [0.15, 0.2) is 0 Å². The molecule has 1 fully saturated rings. The number of aryl methyl sites for hydroxylation is 1. The van der Waals surface area contributed by atoms with Crippen LogP contribution in [-0.2, 0) is 13.0 Å². The van der Waals surface area contributed by atoms with E-state index in [2.05, 4.69) is 23.0 Å². The summed E-state index contributed by atoms with van der Waals surface area (Å²) in [4.78, 5) is 0. The standard InChI is InChI=1S/C15H21N3/c16-8-7-15(5-6-15)11-18-9-12-3-1-2-4-14(17)13(12)10-18/h9-10,14H,1-7,11,17H2. The van der Waals surface area contributed by atoms with Gasteiger partial charge < -0.3 is 10.3 Å². The van der Waals surface area contributed by atoms with Crippen molar-refractivity contribution in [2.75, 3.05) is 0 Å². The molecule has 1 heterocycles. The maximum absolute atomic E-state index is 8.88. The summed E-state index contributed by atoms with van der Waals surface area (Å²) >= 11 is 0. The molecule has 3 nitrogen and oxygen atoms in total. The monoisotopic (exact) mass is 243 g/mol. The fourth-order valence-electron chi connectivity index (χ4n) is 3.17. The van der Waals surface area contributed by atoms with Gasteiger partial charge in [0.2, 0.25) is 0 Å². The molecule has 0 spiro atoms. The first-order valence-corrected chi connectivity index (χ1v) is 7.04. The van der Waals surface area contributed by atoms with Gasteiger partial charge in [-0.15, -0.1) is 0 Å². The molecule has 2 aliphatic carbocycles. The van der Waals surface area contributed by atoms with E-state index in [1.54, 1.807) is 0 Å². The Morgan fingerprint density at radius 2 is 2.22 bits per heavy atom. The number of nitrogens with zero attached hydrogens (tertiary/aromatic N) is 2. The van der Waals surface area contributed by atoms with Crippen molar-refractivity contribution in [3.63, 3.8) is 0 Å². The third-order valence-electron chi connectivity index (χ3n) is 4.54. The Hall–Kier alpha value is -1.27. The molecular weight excluding hydrogens is 222 g/mol. The van der Waals surface area contributed by atoms with E-state index in [4.69, 9.17) is 11.0 Å². The van der Waals surface area contributed by atoms with Gasteiger partial charge in [0.05, 0.1) is 6.07 Å². The number of hydrogen-bond donors (Lipinski definition) is 1. The quantitative estimate of drug-likeness (QED) is 0.830. The zero-order valence-corrected chi connectivity index (χ0v) is 10.9. The molecule has 0 aromatic carbocycles. The second kappa shape index (κ2) is 4.44. The molecule has 1 aromatic heterocycles. The first-order chi connectivity index (χ1) is 8.72. The Bertz CT molecular complexity index is 476. The fraction of sp³-hybridized carbons (Fsp3) is 0.667. The van der Waals surface area contributed by atoms with Crippen molar-refractivity contribution in [2.24, 2.45) is 11.1 Å². The van der Waals surface area contributed by atoms with Gasteiger partial charge in [0.25, 0.3) is 0 Å². The van der Waals surface area contributed by atoms with Crippen LogP contribution in [0, 0.1) is 16.7 Å². The first kappa shape index (κ1) is 11.8. The summed E-state index contributed by atoms with van der Waals surface area (Å²) in [7, 11) is 0. The largest absolute Gasteiger partial charge is 0.353 e. The smallest absolute Gasteiger partial charge is 0.0628 e. The van der Waals surface area contributed by atoms with Crippen molar-refractivity contribution in [1.29, 1.82) is 5.26 Å². The highest BCUT2D eigenvalue weighted by atomic mass is 15.0. The van der Waals surface area contributed by atoms with Crippen LogP contribution in [0.25, 0.3) is 0 Å². The van der Waals surface area contributed by atoms with Crippen LogP contribution in [-0.4, -0.2) is 4.57 Å². The SMILES string of the molecule is N#CCC1(Cn2cc3c(c2)C(N)CCCC3)CC1. The topological polar surface area (TPSA) is 54.7 Å². The van der Waals surface area contributed by atoms with E-state index in [9.17, 15) is 0 Å². The third-order valence-corrected chi connectivity index (χ3v) is 4.54. The van der Waals surface area contributed by atoms with E-state index in [0.29, 0.717) is 6.42 Å². The minimum Gasteiger partial charge on any atom is -0.353 e. The van der Waals surface area contributed by atoms with Crippen molar-refractivity contribution in [1.82, 2.24) is 4.57 Å². The molecule has 2 aliphatic rings. The second-order valence-electron chi connectivity index (χ2n) is 6.10. The Morgan fingerprint density at radius 3 is 2.94 bits per heavy atom. The highest BCUT2D eigenvalue weighted by Crippen LogP contribution is 2.50. The molecule has 1 saturated carbocycles. The summed E-state index contributed by atoms with van der Waals surface area (Å²) in [5, 5.41) is 8.88. The Kier molecular flexibility index (Phi) is 2.91. The van der Waals surface area contributed by atoms with Gasteiger partial charge in [0.1, 0.15) is 0 Å². The number of hydrogen-bond acceptors (Lipinski definition) is 2. The Balaban J connectivity index is 1.79. The predicted molar refractivity (Wildman–Crippen MR) is 70.8 cm³/mol. The van der Waals surface area contributed by atoms with Crippen LogP contribution >= 0.6 is 0 Å². The second-order valence-corrected chi connectivity index (χ2v) is 6.10. The molecule has 3 rings (SSSR count). The summed E-state index contributed by atoms with van der Waals surface area (Å²) in [5.74, 6) is 0. The maximum atomic E-state index is 8.88. The molecule has 3 heteroatoms. The van der Waals surface area contributed by atoms with Crippen LogP contribution in [0.3, 0.4) is 0 Å². The van der Waals surface area contributed by atoms with E-state index in [0.717, 1.165) is 13.0 Å². The van der Waals surface area contributed by atoms with Crippen molar-refractivity contribution in [3.8, 4) is 6.07 Å². The lowest BCUT2D eigenvalue weighted by Gasteiger charge is -2.12. The fourth-order valence-corrected chi connectivity index (χ4v) is 3.17. The lowest BCUT2D eigenvalue weighted by Crippen LogP contribution is -2.11. The molecule has 0 radical (unpaired) electrons. The zero-order valence-electron chi connectivity index (χ0n) is 10.9. The molecular formula is C15H21N3. The highest BCUT2D eigenvalue weighted by Gasteiger charge is 2.42. The molecule has 18 heavy (non-hydrogen) atoms. The molecule has 1 aromatic rings. The Labute approximate surface area is 109 Å². The van der Waals surface area contributed by atoms with Gasteiger partial charge in [-0.25, -0.2) is 0 Å². The van der Waals surface area contributed by atoms with Crippen molar-refractivity contribution in [3.05, 3.63) is 23.5 Å². The number of nitriles is 1. The van der Waals surface area contributed by atoms with Gasteiger partial charge in [0, 0.05) is 36.8 Å². The first-order valence-electron chi connectivity index (χ1n) is 7.04. The summed E-state index contributed by atoms with van der Waals surface area (Å²) in [6.07, 6.45) is 12.4. The van der Waals surface area contributed by atoms with Crippen LogP contribution in [0.15, 0.2) is 12.4 Å². The highest BCUT2D eigenvalue weighted by molar-refractivity contribution is 5.29. The number of rotatable bonds is 3. The van der Waals surface area contributed by atoms with Crippen LogP contribution in [0.4, 0.5) is 0 Å². The molecule has 96 valence electrons. The molecule has 2 N–H and O–H groups in total. The number of nitrogens with two attached hydrogens (primary N) is 1. The van der Waals surface area contributed by atoms with Gasteiger partial charge in [-0.05, 0) is 43.2 Å². The summed E-state index contributed by atoms with van der Waals surface area (Å²) in [6.45, 7) is 1.00.